The van der Waals surface area contributed by atoms with Crippen molar-refractivity contribution in [2.24, 2.45) is 0 Å². The quantitative estimate of drug-likeness (QED) is 0.867. The number of thiazole rings is 1. The molecule has 9 heteroatoms. The van der Waals surface area contributed by atoms with Crippen LogP contribution in [-0.2, 0) is 16.9 Å². The first-order valence-electron chi connectivity index (χ1n) is 7.49. The van der Waals surface area contributed by atoms with Crippen LogP contribution in [0.5, 0.6) is 0 Å². The Bertz CT molecular complexity index is 640. The van der Waals surface area contributed by atoms with Crippen LogP contribution in [0.2, 0.25) is 0 Å². The van der Waals surface area contributed by atoms with E-state index in [2.05, 4.69) is 15.4 Å². The van der Waals surface area contributed by atoms with E-state index in [9.17, 15) is 4.79 Å². The average Bonchev–Trinajstić information content (AvgIpc) is 3.19. The summed E-state index contributed by atoms with van der Waals surface area (Å²) >= 11 is 1.61. The minimum absolute atomic E-state index is 0. The number of halogens is 2. The number of hydrogen-bond donors (Lipinski definition) is 1. The second-order valence-corrected chi connectivity index (χ2v) is 6.81. The Morgan fingerprint density at radius 2 is 2.12 bits per heavy atom. The van der Waals surface area contributed by atoms with E-state index in [0.717, 1.165) is 36.6 Å². The van der Waals surface area contributed by atoms with E-state index in [1.54, 1.807) is 22.4 Å². The topological polar surface area (TPSA) is 63.1 Å². The Morgan fingerprint density at radius 3 is 2.67 bits per heavy atom. The Morgan fingerprint density at radius 1 is 1.42 bits per heavy atom. The van der Waals surface area contributed by atoms with E-state index in [-0.39, 0.29) is 30.7 Å². The molecule has 1 amide bonds. The molecule has 3 heterocycles. The van der Waals surface area contributed by atoms with Gasteiger partial charge in [-0.05, 0) is 38.9 Å². The fourth-order valence-electron chi connectivity index (χ4n) is 3.05. The first-order valence-corrected chi connectivity index (χ1v) is 8.37. The number of aromatic nitrogens is 3. The normalized spacial score (nSPS) is 15.9. The van der Waals surface area contributed by atoms with Gasteiger partial charge in [-0.3, -0.25) is 9.48 Å². The third-order valence-electron chi connectivity index (χ3n) is 4.18. The highest BCUT2D eigenvalue weighted by molar-refractivity contribution is 7.09. The number of piperidine rings is 1. The summed E-state index contributed by atoms with van der Waals surface area (Å²) in [6.07, 6.45) is 5.15. The zero-order valence-electron chi connectivity index (χ0n) is 13.8. The highest BCUT2D eigenvalue weighted by Gasteiger charge is 2.43. The number of carbonyl (C=O) groups is 1. The third-order valence-corrected chi connectivity index (χ3v) is 5.01. The van der Waals surface area contributed by atoms with Gasteiger partial charge in [0.25, 0.3) is 5.91 Å². The summed E-state index contributed by atoms with van der Waals surface area (Å²) in [6, 6.07) is 1.88. The predicted molar refractivity (Wildman–Crippen MR) is 100 cm³/mol. The molecule has 3 rings (SSSR count). The Labute approximate surface area is 158 Å². The van der Waals surface area contributed by atoms with Crippen LogP contribution >= 0.6 is 36.2 Å². The van der Waals surface area contributed by atoms with E-state index < -0.39 is 5.54 Å². The molecule has 0 spiro atoms. The Kier molecular flexibility index (Phi) is 7.66. The van der Waals surface area contributed by atoms with Crippen molar-refractivity contribution in [3.63, 3.8) is 0 Å². The highest BCUT2D eigenvalue weighted by Crippen LogP contribution is 2.29. The predicted octanol–water partition coefficient (Wildman–Crippen LogP) is 2.23. The van der Waals surface area contributed by atoms with Gasteiger partial charge in [-0.25, -0.2) is 4.98 Å². The SMILES string of the molecule is Cc1nc(CN(C)C(=O)C2(n3cccn3)CCNCC2)cs1.Cl.Cl. The summed E-state index contributed by atoms with van der Waals surface area (Å²) in [5, 5.41) is 10.7. The van der Waals surface area contributed by atoms with Crippen LogP contribution in [0.4, 0.5) is 0 Å². The molecule has 0 atom stereocenters. The van der Waals surface area contributed by atoms with Crippen molar-refractivity contribution in [1.29, 1.82) is 0 Å². The summed E-state index contributed by atoms with van der Waals surface area (Å²) in [5.41, 5.74) is 0.372. The molecular weight excluding hydrogens is 369 g/mol. The molecule has 0 bridgehead atoms. The van der Waals surface area contributed by atoms with Gasteiger partial charge in [0.15, 0.2) is 0 Å². The molecule has 1 aliphatic rings. The molecule has 1 saturated heterocycles. The molecule has 1 N–H and O–H groups in total. The summed E-state index contributed by atoms with van der Waals surface area (Å²) < 4.78 is 1.83. The van der Waals surface area contributed by atoms with Gasteiger partial charge in [0.2, 0.25) is 0 Å². The third kappa shape index (κ3) is 4.08. The fraction of sp³-hybridized carbons (Fsp3) is 0.533. The standard InChI is InChI=1S/C15H21N5OS.2ClH/c1-12-18-13(11-22-12)10-19(2)14(21)15(4-7-16-8-5-15)20-9-3-6-17-20;;/h3,6,9,11,16H,4-5,7-8,10H2,1-2H3;2*1H. The summed E-state index contributed by atoms with van der Waals surface area (Å²) in [5.74, 6) is 0.114. The minimum Gasteiger partial charge on any atom is -0.338 e. The van der Waals surface area contributed by atoms with Gasteiger partial charge in [-0.15, -0.1) is 36.2 Å². The lowest BCUT2D eigenvalue weighted by molar-refractivity contribution is -0.142. The largest absolute Gasteiger partial charge is 0.338 e. The average molecular weight is 392 g/mol. The van der Waals surface area contributed by atoms with Crippen LogP contribution in [-0.4, -0.2) is 45.7 Å². The number of rotatable bonds is 4. The lowest BCUT2D eigenvalue weighted by atomic mass is 9.87. The molecule has 1 fully saturated rings. The van der Waals surface area contributed by atoms with E-state index in [0.29, 0.717) is 6.54 Å². The number of aryl methyl sites for hydroxylation is 1. The van der Waals surface area contributed by atoms with Gasteiger partial charge in [0, 0.05) is 24.8 Å². The van der Waals surface area contributed by atoms with Crippen LogP contribution in [0.15, 0.2) is 23.8 Å². The maximum atomic E-state index is 13.1. The molecule has 0 aliphatic carbocycles. The van der Waals surface area contributed by atoms with Crippen molar-refractivity contribution in [2.75, 3.05) is 20.1 Å². The molecule has 1 aliphatic heterocycles. The maximum Gasteiger partial charge on any atom is 0.250 e. The number of hydrogen-bond acceptors (Lipinski definition) is 5. The molecule has 6 nitrogen and oxygen atoms in total. The second-order valence-electron chi connectivity index (χ2n) is 5.75. The monoisotopic (exact) mass is 391 g/mol. The van der Waals surface area contributed by atoms with Crippen LogP contribution in [0, 0.1) is 6.92 Å². The van der Waals surface area contributed by atoms with Gasteiger partial charge < -0.3 is 10.2 Å². The molecule has 2 aromatic rings. The summed E-state index contributed by atoms with van der Waals surface area (Å²) in [4.78, 5) is 19.4. The smallest absolute Gasteiger partial charge is 0.250 e. The van der Waals surface area contributed by atoms with Crippen LogP contribution in [0.25, 0.3) is 0 Å². The van der Waals surface area contributed by atoms with Crippen molar-refractivity contribution < 1.29 is 4.79 Å². The first kappa shape index (κ1) is 20.9. The lowest BCUT2D eigenvalue weighted by Gasteiger charge is -2.39. The van der Waals surface area contributed by atoms with Crippen molar-refractivity contribution in [2.45, 2.75) is 31.8 Å². The van der Waals surface area contributed by atoms with Crippen molar-refractivity contribution in [3.05, 3.63) is 34.5 Å². The van der Waals surface area contributed by atoms with Crippen molar-refractivity contribution >= 4 is 42.1 Å². The number of nitrogens with one attached hydrogen (secondary N) is 1. The van der Waals surface area contributed by atoms with Crippen LogP contribution < -0.4 is 5.32 Å². The second kappa shape index (κ2) is 8.80. The van der Waals surface area contributed by atoms with E-state index >= 15 is 0 Å². The van der Waals surface area contributed by atoms with Crippen LogP contribution in [0.3, 0.4) is 0 Å². The highest BCUT2D eigenvalue weighted by atomic mass is 35.5. The first-order chi connectivity index (χ1) is 10.6. The Hall–Kier alpha value is -1.15. The molecular formula is C15H23Cl2N5OS. The van der Waals surface area contributed by atoms with Gasteiger partial charge in [-0.2, -0.15) is 5.10 Å². The summed E-state index contributed by atoms with van der Waals surface area (Å²) in [6.45, 7) is 4.18. The Balaban J connectivity index is 0.00000144. The molecule has 2 aromatic heterocycles. The number of nitrogens with zero attached hydrogens (tertiary/aromatic N) is 4. The van der Waals surface area contributed by atoms with Gasteiger partial charge >= 0.3 is 0 Å². The lowest BCUT2D eigenvalue weighted by Crippen LogP contribution is -2.54. The van der Waals surface area contributed by atoms with Crippen molar-refractivity contribution in [1.82, 2.24) is 25.0 Å². The molecule has 0 saturated carbocycles. The van der Waals surface area contributed by atoms with Gasteiger partial charge in [0.1, 0.15) is 5.54 Å². The van der Waals surface area contributed by atoms with Crippen LogP contribution in [0.1, 0.15) is 23.5 Å². The van der Waals surface area contributed by atoms with E-state index in [4.69, 9.17) is 0 Å². The van der Waals surface area contributed by atoms with E-state index in [1.165, 1.54) is 0 Å². The minimum atomic E-state index is -0.575. The van der Waals surface area contributed by atoms with Gasteiger partial charge in [-0.1, -0.05) is 0 Å². The molecule has 134 valence electrons. The molecule has 0 aromatic carbocycles. The zero-order chi connectivity index (χ0) is 15.6. The molecule has 0 unspecified atom stereocenters. The van der Waals surface area contributed by atoms with Gasteiger partial charge in [0.05, 0.1) is 17.2 Å². The number of amides is 1. The number of carbonyl (C=O) groups excluding carboxylic acids is 1. The van der Waals surface area contributed by atoms with Crippen molar-refractivity contribution in [3.8, 4) is 0 Å². The maximum absolute atomic E-state index is 13.1. The zero-order valence-corrected chi connectivity index (χ0v) is 16.2. The number of likely N-dealkylation sites (N-methyl/N-ethyl adjacent to an activating group) is 1. The molecule has 24 heavy (non-hydrogen) atoms. The summed E-state index contributed by atoms with van der Waals surface area (Å²) in [7, 11) is 1.85. The van der Waals surface area contributed by atoms with E-state index in [1.807, 2.05) is 36.3 Å². The fourth-order valence-corrected chi connectivity index (χ4v) is 3.66. The molecule has 0 radical (unpaired) electrons.